The molecule has 1 aromatic rings. The Labute approximate surface area is 120 Å². The van der Waals surface area contributed by atoms with Crippen LogP contribution >= 0.6 is 11.8 Å². The van der Waals surface area contributed by atoms with Gasteiger partial charge in [0, 0.05) is 30.1 Å². The lowest BCUT2D eigenvalue weighted by Gasteiger charge is -2.31. The Balaban J connectivity index is 1.75. The quantitative estimate of drug-likeness (QED) is 0.775. The van der Waals surface area contributed by atoms with Crippen LogP contribution in [0.5, 0.6) is 0 Å². The molecule has 0 aliphatic heterocycles. The van der Waals surface area contributed by atoms with Crippen LogP contribution in [0.1, 0.15) is 37.3 Å². The van der Waals surface area contributed by atoms with Crippen molar-refractivity contribution in [2.24, 2.45) is 11.7 Å². The number of benzene rings is 1. The molecule has 0 amide bonds. The van der Waals surface area contributed by atoms with E-state index in [9.17, 15) is 0 Å². The van der Waals surface area contributed by atoms with E-state index in [1.165, 1.54) is 42.7 Å². The maximum absolute atomic E-state index is 6.09. The zero-order chi connectivity index (χ0) is 13.2. The molecule has 2 fully saturated rings. The summed E-state index contributed by atoms with van der Waals surface area (Å²) in [5.74, 6) is 0.945. The third kappa shape index (κ3) is 3.33. The van der Waals surface area contributed by atoms with E-state index in [-0.39, 0.29) is 0 Å². The summed E-state index contributed by atoms with van der Waals surface area (Å²) in [6, 6.07) is 10.2. The largest absolute Gasteiger partial charge is 0.329 e. The summed E-state index contributed by atoms with van der Waals surface area (Å²) in [4.78, 5) is 4.02. The lowest BCUT2D eigenvalue weighted by atomic mass is 10.0. The first-order valence-electron chi connectivity index (χ1n) is 7.41. The van der Waals surface area contributed by atoms with Gasteiger partial charge in [-0.2, -0.15) is 0 Å². The molecule has 0 saturated heterocycles. The summed E-state index contributed by atoms with van der Waals surface area (Å²) < 4.78 is 0. The molecule has 104 valence electrons. The number of thioether (sulfide) groups is 1. The summed E-state index contributed by atoms with van der Waals surface area (Å²) in [6.07, 6.45) is 7.70. The summed E-state index contributed by atoms with van der Waals surface area (Å²) in [5.41, 5.74) is 7.49. The van der Waals surface area contributed by atoms with Gasteiger partial charge in [0.15, 0.2) is 0 Å². The van der Waals surface area contributed by atoms with Crippen molar-refractivity contribution < 1.29 is 0 Å². The second-order valence-corrected chi connectivity index (χ2v) is 6.78. The Kier molecular flexibility index (Phi) is 4.15. The van der Waals surface area contributed by atoms with Gasteiger partial charge >= 0.3 is 0 Å². The first-order chi connectivity index (χ1) is 9.31. The SMILES string of the molecule is CSc1ccc(C(CN)N(CC2CC2)C2CC2)cc1. The molecule has 3 rings (SSSR count). The van der Waals surface area contributed by atoms with Gasteiger partial charge in [-0.25, -0.2) is 0 Å². The lowest BCUT2D eigenvalue weighted by molar-refractivity contribution is 0.183. The molecule has 1 unspecified atom stereocenters. The standard InChI is InChI=1S/C16H24N2S/c1-19-15-8-4-13(5-9-15)16(10-17)18(14-6-7-14)11-12-2-3-12/h4-5,8-9,12,14,16H,2-3,6-7,10-11,17H2,1H3. The van der Waals surface area contributed by atoms with Crippen LogP contribution in [0.25, 0.3) is 0 Å². The molecule has 1 atom stereocenters. The van der Waals surface area contributed by atoms with Crippen LogP contribution in [0.2, 0.25) is 0 Å². The number of hydrogen-bond acceptors (Lipinski definition) is 3. The highest BCUT2D eigenvalue weighted by Crippen LogP contribution is 2.39. The number of nitrogens with two attached hydrogens (primary N) is 1. The Morgan fingerprint density at radius 2 is 1.89 bits per heavy atom. The van der Waals surface area contributed by atoms with Crippen LogP contribution in [-0.4, -0.2) is 30.3 Å². The summed E-state index contributed by atoms with van der Waals surface area (Å²) in [5, 5.41) is 0. The normalized spacial score (nSPS) is 20.8. The Morgan fingerprint density at radius 1 is 1.21 bits per heavy atom. The Hall–Kier alpha value is -0.510. The molecule has 2 nitrogen and oxygen atoms in total. The fourth-order valence-corrected chi connectivity index (χ4v) is 3.23. The average Bonchev–Trinajstić information content (AvgIpc) is 3.31. The van der Waals surface area contributed by atoms with Crippen LogP contribution in [-0.2, 0) is 0 Å². The molecule has 2 saturated carbocycles. The average molecular weight is 276 g/mol. The minimum atomic E-state index is 0.420. The molecule has 0 bridgehead atoms. The van der Waals surface area contributed by atoms with Crippen molar-refractivity contribution in [3.8, 4) is 0 Å². The Morgan fingerprint density at radius 3 is 2.37 bits per heavy atom. The molecule has 0 heterocycles. The van der Waals surface area contributed by atoms with E-state index in [0.29, 0.717) is 6.04 Å². The summed E-state index contributed by atoms with van der Waals surface area (Å²) in [7, 11) is 0. The zero-order valence-corrected chi connectivity index (χ0v) is 12.5. The fourth-order valence-electron chi connectivity index (χ4n) is 2.82. The third-order valence-electron chi connectivity index (χ3n) is 4.31. The maximum Gasteiger partial charge on any atom is 0.0473 e. The number of hydrogen-bond donors (Lipinski definition) is 1. The lowest BCUT2D eigenvalue weighted by Crippen LogP contribution is -2.37. The molecule has 3 heteroatoms. The van der Waals surface area contributed by atoms with Crippen molar-refractivity contribution in [3.05, 3.63) is 29.8 Å². The smallest absolute Gasteiger partial charge is 0.0473 e. The molecule has 0 aromatic heterocycles. The minimum Gasteiger partial charge on any atom is -0.329 e. The van der Waals surface area contributed by atoms with Gasteiger partial charge in [0.05, 0.1) is 0 Å². The van der Waals surface area contributed by atoms with Gasteiger partial charge < -0.3 is 5.73 Å². The highest BCUT2D eigenvalue weighted by Gasteiger charge is 2.37. The molecule has 0 radical (unpaired) electrons. The predicted octanol–water partition coefficient (Wildman–Crippen LogP) is 3.28. The van der Waals surface area contributed by atoms with E-state index in [4.69, 9.17) is 5.73 Å². The first-order valence-corrected chi connectivity index (χ1v) is 8.64. The van der Waals surface area contributed by atoms with Crippen molar-refractivity contribution in [1.29, 1.82) is 0 Å². The minimum absolute atomic E-state index is 0.420. The van der Waals surface area contributed by atoms with E-state index in [1.54, 1.807) is 11.8 Å². The monoisotopic (exact) mass is 276 g/mol. The zero-order valence-electron chi connectivity index (χ0n) is 11.7. The highest BCUT2D eigenvalue weighted by atomic mass is 32.2. The molecule has 2 aliphatic rings. The molecule has 19 heavy (non-hydrogen) atoms. The van der Waals surface area contributed by atoms with Gasteiger partial charge in [0.2, 0.25) is 0 Å². The first kappa shape index (κ1) is 13.5. The van der Waals surface area contributed by atoms with Crippen molar-refractivity contribution in [1.82, 2.24) is 4.90 Å². The van der Waals surface area contributed by atoms with Crippen LogP contribution in [0.3, 0.4) is 0 Å². The number of rotatable bonds is 7. The van der Waals surface area contributed by atoms with Crippen LogP contribution in [0.4, 0.5) is 0 Å². The summed E-state index contributed by atoms with van der Waals surface area (Å²) >= 11 is 1.80. The van der Waals surface area contributed by atoms with Crippen molar-refractivity contribution in [3.63, 3.8) is 0 Å². The van der Waals surface area contributed by atoms with Crippen molar-refractivity contribution in [2.45, 2.75) is 42.7 Å². The van der Waals surface area contributed by atoms with E-state index >= 15 is 0 Å². The second-order valence-electron chi connectivity index (χ2n) is 5.90. The second kappa shape index (κ2) is 5.86. The topological polar surface area (TPSA) is 29.3 Å². The van der Waals surface area contributed by atoms with Crippen LogP contribution < -0.4 is 5.73 Å². The molecule has 2 aliphatic carbocycles. The van der Waals surface area contributed by atoms with Gasteiger partial charge in [-0.3, -0.25) is 4.90 Å². The van der Waals surface area contributed by atoms with Gasteiger partial charge in [0.25, 0.3) is 0 Å². The van der Waals surface area contributed by atoms with Gasteiger partial charge in [-0.15, -0.1) is 11.8 Å². The predicted molar refractivity (Wildman–Crippen MR) is 82.5 cm³/mol. The Bertz CT molecular complexity index is 409. The van der Waals surface area contributed by atoms with E-state index in [2.05, 4.69) is 35.4 Å². The third-order valence-corrected chi connectivity index (χ3v) is 5.05. The van der Waals surface area contributed by atoms with Crippen molar-refractivity contribution >= 4 is 11.8 Å². The van der Waals surface area contributed by atoms with E-state index < -0.39 is 0 Å². The maximum atomic E-state index is 6.09. The molecule has 1 aromatic carbocycles. The van der Waals surface area contributed by atoms with Gasteiger partial charge in [0.1, 0.15) is 0 Å². The molecular weight excluding hydrogens is 252 g/mol. The summed E-state index contributed by atoms with van der Waals surface area (Å²) in [6.45, 7) is 2.00. The van der Waals surface area contributed by atoms with E-state index in [0.717, 1.165) is 18.5 Å². The van der Waals surface area contributed by atoms with E-state index in [1.807, 2.05) is 0 Å². The fraction of sp³-hybridized carbons (Fsp3) is 0.625. The van der Waals surface area contributed by atoms with Crippen LogP contribution in [0, 0.1) is 5.92 Å². The van der Waals surface area contributed by atoms with Gasteiger partial charge in [-0.05, 0) is 55.6 Å². The highest BCUT2D eigenvalue weighted by molar-refractivity contribution is 7.98. The molecular formula is C16H24N2S. The number of nitrogens with zero attached hydrogens (tertiary/aromatic N) is 1. The van der Waals surface area contributed by atoms with Gasteiger partial charge in [-0.1, -0.05) is 12.1 Å². The van der Waals surface area contributed by atoms with Crippen LogP contribution in [0.15, 0.2) is 29.2 Å². The van der Waals surface area contributed by atoms with Crippen molar-refractivity contribution in [2.75, 3.05) is 19.3 Å². The molecule has 0 spiro atoms. The molecule has 2 N–H and O–H groups in total.